The fraction of sp³-hybridized carbons (Fsp3) is 0.409. The van der Waals surface area contributed by atoms with Crippen molar-refractivity contribution in [2.75, 3.05) is 40.0 Å². The molecule has 0 saturated carbocycles. The number of benzene rings is 2. The van der Waals surface area contributed by atoms with Gasteiger partial charge in [0.1, 0.15) is 11.5 Å². The molecule has 6 heteroatoms. The summed E-state index contributed by atoms with van der Waals surface area (Å²) < 4.78 is 16.6. The summed E-state index contributed by atoms with van der Waals surface area (Å²) in [7, 11) is 1.65. The molecule has 2 aromatic carbocycles. The van der Waals surface area contributed by atoms with Gasteiger partial charge in [0.2, 0.25) is 0 Å². The van der Waals surface area contributed by atoms with Gasteiger partial charge in [-0.1, -0.05) is 30.3 Å². The molecule has 1 amide bonds. The van der Waals surface area contributed by atoms with Crippen molar-refractivity contribution in [1.82, 2.24) is 10.2 Å². The van der Waals surface area contributed by atoms with E-state index in [0.717, 1.165) is 55.5 Å². The second kappa shape index (κ2) is 8.63. The van der Waals surface area contributed by atoms with E-state index in [2.05, 4.69) is 10.2 Å². The van der Waals surface area contributed by atoms with Gasteiger partial charge in [0.15, 0.2) is 6.10 Å². The van der Waals surface area contributed by atoms with Gasteiger partial charge >= 0.3 is 0 Å². The monoisotopic (exact) mass is 382 g/mol. The number of rotatable bonds is 6. The second-order valence-corrected chi connectivity index (χ2v) is 7.17. The third kappa shape index (κ3) is 4.29. The van der Waals surface area contributed by atoms with Gasteiger partial charge in [-0.3, -0.25) is 9.69 Å². The van der Waals surface area contributed by atoms with E-state index >= 15 is 0 Å². The highest BCUT2D eigenvalue weighted by Crippen LogP contribution is 2.29. The van der Waals surface area contributed by atoms with Crippen molar-refractivity contribution in [1.29, 1.82) is 0 Å². The molecule has 0 radical (unpaired) electrons. The first-order chi connectivity index (χ1) is 13.7. The normalized spacial score (nSPS) is 20.1. The maximum atomic E-state index is 13.0. The summed E-state index contributed by atoms with van der Waals surface area (Å²) in [6.07, 6.45) is 0.123. The van der Waals surface area contributed by atoms with E-state index in [1.807, 2.05) is 48.5 Å². The molecule has 1 saturated heterocycles. The van der Waals surface area contributed by atoms with E-state index in [9.17, 15) is 4.79 Å². The number of ether oxygens (including phenoxy) is 3. The van der Waals surface area contributed by atoms with Crippen LogP contribution < -0.4 is 14.8 Å². The summed E-state index contributed by atoms with van der Waals surface area (Å²) in [5.74, 6) is 1.52. The van der Waals surface area contributed by atoms with Gasteiger partial charge in [-0.25, -0.2) is 0 Å². The number of carbonyl (C=O) groups is 1. The number of methoxy groups -OCH3 is 1. The quantitative estimate of drug-likeness (QED) is 0.830. The molecule has 2 heterocycles. The molecule has 2 atom stereocenters. The zero-order chi connectivity index (χ0) is 19.3. The van der Waals surface area contributed by atoms with Crippen molar-refractivity contribution < 1.29 is 19.0 Å². The van der Waals surface area contributed by atoms with Crippen molar-refractivity contribution in [3.05, 3.63) is 59.7 Å². The number of carbonyl (C=O) groups excluding carboxylic acids is 1. The summed E-state index contributed by atoms with van der Waals surface area (Å²) in [4.78, 5) is 15.3. The van der Waals surface area contributed by atoms with Crippen LogP contribution in [0.4, 0.5) is 0 Å². The van der Waals surface area contributed by atoms with Gasteiger partial charge in [-0.2, -0.15) is 0 Å². The van der Waals surface area contributed by atoms with Gasteiger partial charge in [0.25, 0.3) is 5.91 Å². The Labute approximate surface area is 165 Å². The number of para-hydroxylation sites is 1. The Balaban J connectivity index is 1.47. The summed E-state index contributed by atoms with van der Waals surface area (Å²) >= 11 is 0. The Morgan fingerprint density at radius 3 is 2.64 bits per heavy atom. The number of nitrogens with one attached hydrogen (secondary N) is 1. The van der Waals surface area contributed by atoms with Crippen LogP contribution in [0.15, 0.2) is 48.5 Å². The Bertz CT molecular complexity index is 777. The van der Waals surface area contributed by atoms with Crippen LogP contribution in [0.1, 0.15) is 17.2 Å². The summed E-state index contributed by atoms with van der Waals surface area (Å²) in [6.45, 7) is 3.93. The molecule has 4 rings (SSSR count). The fourth-order valence-corrected chi connectivity index (χ4v) is 3.71. The molecule has 1 fully saturated rings. The average Bonchev–Trinajstić information content (AvgIpc) is 3.18. The van der Waals surface area contributed by atoms with Gasteiger partial charge in [-0.05, 0) is 29.3 Å². The number of hydrogen-bond acceptors (Lipinski definition) is 5. The summed E-state index contributed by atoms with van der Waals surface area (Å²) in [5, 5.41) is 3.21. The van der Waals surface area contributed by atoms with Gasteiger partial charge in [0, 0.05) is 26.1 Å². The van der Waals surface area contributed by atoms with Gasteiger partial charge < -0.3 is 19.5 Å². The molecular weight excluding hydrogens is 356 g/mol. The number of fused-ring (bicyclic) bond motifs is 1. The van der Waals surface area contributed by atoms with Crippen molar-refractivity contribution >= 4 is 5.91 Å². The molecule has 0 aliphatic carbocycles. The Morgan fingerprint density at radius 1 is 1.18 bits per heavy atom. The highest BCUT2D eigenvalue weighted by Gasteiger charge is 2.31. The number of nitrogens with zero attached hydrogens (tertiary/aromatic N) is 1. The van der Waals surface area contributed by atoms with Crippen LogP contribution in [0, 0.1) is 0 Å². The van der Waals surface area contributed by atoms with E-state index in [1.165, 1.54) is 0 Å². The first kappa shape index (κ1) is 18.8. The minimum atomic E-state index is -0.483. The molecule has 0 unspecified atom stereocenters. The van der Waals surface area contributed by atoms with Crippen molar-refractivity contribution in [3.8, 4) is 11.5 Å². The van der Waals surface area contributed by atoms with E-state index in [0.29, 0.717) is 6.42 Å². The van der Waals surface area contributed by atoms with Crippen LogP contribution in [-0.2, 0) is 16.0 Å². The average molecular weight is 382 g/mol. The molecule has 2 aromatic rings. The zero-order valence-corrected chi connectivity index (χ0v) is 16.1. The molecular formula is C22H26N2O4. The minimum absolute atomic E-state index is 0.0784. The Kier molecular flexibility index (Phi) is 5.78. The van der Waals surface area contributed by atoms with Crippen LogP contribution in [0.5, 0.6) is 11.5 Å². The lowest BCUT2D eigenvalue weighted by atomic mass is 10.0. The second-order valence-electron chi connectivity index (χ2n) is 7.17. The maximum absolute atomic E-state index is 13.0. The fourth-order valence-electron chi connectivity index (χ4n) is 3.71. The molecule has 2 aliphatic heterocycles. The Morgan fingerprint density at radius 2 is 1.93 bits per heavy atom. The van der Waals surface area contributed by atoms with Crippen LogP contribution in [0.25, 0.3) is 0 Å². The molecule has 0 bridgehead atoms. The van der Waals surface area contributed by atoms with E-state index in [-0.39, 0.29) is 11.9 Å². The molecule has 0 aromatic heterocycles. The first-order valence-corrected chi connectivity index (χ1v) is 9.72. The predicted octanol–water partition coefficient (Wildman–Crippen LogP) is 2.19. The molecule has 6 nitrogen and oxygen atoms in total. The van der Waals surface area contributed by atoms with Crippen LogP contribution in [0.2, 0.25) is 0 Å². The van der Waals surface area contributed by atoms with E-state index in [1.54, 1.807) is 7.11 Å². The molecule has 148 valence electrons. The Hall–Kier alpha value is -2.57. The number of morpholine rings is 1. The molecule has 2 aliphatic rings. The smallest absolute Gasteiger partial charge is 0.261 e. The third-order valence-electron chi connectivity index (χ3n) is 5.32. The van der Waals surface area contributed by atoms with Crippen LogP contribution >= 0.6 is 0 Å². The topological polar surface area (TPSA) is 60.0 Å². The minimum Gasteiger partial charge on any atom is -0.497 e. The SMILES string of the molecule is COc1ccc([C@H](CN2CCOCC2)NC(=O)[C@@H]2Cc3ccccc3O2)cc1. The summed E-state index contributed by atoms with van der Waals surface area (Å²) in [6, 6.07) is 15.6. The van der Waals surface area contributed by atoms with Gasteiger partial charge in [0.05, 0.1) is 26.4 Å². The van der Waals surface area contributed by atoms with Crippen molar-refractivity contribution in [2.45, 2.75) is 18.6 Å². The molecule has 28 heavy (non-hydrogen) atoms. The van der Waals surface area contributed by atoms with E-state index in [4.69, 9.17) is 14.2 Å². The van der Waals surface area contributed by atoms with Crippen LogP contribution in [0.3, 0.4) is 0 Å². The summed E-state index contributed by atoms with van der Waals surface area (Å²) in [5.41, 5.74) is 2.13. The lowest BCUT2D eigenvalue weighted by Crippen LogP contribution is -2.46. The van der Waals surface area contributed by atoms with Gasteiger partial charge in [-0.15, -0.1) is 0 Å². The third-order valence-corrected chi connectivity index (χ3v) is 5.32. The number of amides is 1. The lowest BCUT2D eigenvalue weighted by molar-refractivity contribution is -0.128. The predicted molar refractivity (Wildman–Crippen MR) is 106 cm³/mol. The standard InChI is InChI=1S/C22H26N2O4/c1-26-18-8-6-16(7-9-18)19(15-24-10-12-27-13-11-24)23-22(25)21-14-17-4-2-3-5-20(17)28-21/h2-9,19,21H,10-15H2,1H3,(H,23,25)/t19-,21-/m0/s1. The molecule has 0 spiro atoms. The van der Waals surface area contributed by atoms with E-state index < -0.39 is 6.10 Å². The number of hydrogen-bond donors (Lipinski definition) is 1. The first-order valence-electron chi connectivity index (χ1n) is 9.72. The zero-order valence-electron chi connectivity index (χ0n) is 16.1. The highest BCUT2D eigenvalue weighted by atomic mass is 16.5. The molecule has 1 N–H and O–H groups in total. The lowest BCUT2D eigenvalue weighted by Gasteiger charge is -2.31. The largest absolute Gasteiger partial charge is 0.497 e. The highest BCUT2D eigenvalue weighted by molar-refractivity contribution is 5.83. The van der Waals surface area contributed by atoms with Crippen molar-refractivity contribution in [3.63, 3.8) is 0 Å². The van der Waals surface area contributed by atoms with Crippen molar-refractivity contribution in [2.24, 2.45) is 0 Å². The van der Waals surface area contributed by atoms with Crippen LogP contribution in [-0.4, -0.2) is 56.9 Å². The maximum Gasteiger partial charge on any atom is 0.261 e.